The van der Waals surface area contributed by atoms with Crippen LogP contribution in [0, 0.1) is 0 Å². The van der Waals surface area contributed by atoms with Gasteiger partial charge in [-0.05, 0) is 49.7 Å². The van der Waals surface area contributed by atoms with Crippen LogP contribution < -0.4 is 0 Å². The number of carboxylic acids is 1. The Balaban J connectivity index is 2.22. The predicted octanol–water partition coefficient (Wildman–Crippen LogP) is 2.33. The Kier molecular flexibility index (Phi) is 3.20. The first-order chi connectivity index (χ1) is 8.00. The Morgan fingerprint density at radius 3 is 2.88 bits per heavy atom. The smallest absolute Gasteiger partial charge is 0.335 e. The fraction of sp³-hybridized carbons (Fsp3) is 0.500. The van der Waals surface area contributed by atoms with Gasteiger partial charge < -0.3 is 10.2 Å². The van der Waals surface area contributed by atoms with E-state index in [2.05, 4.69) is 12.1 Å². The zero-order valence-corrected chi connectivity index (χ0v) is 10.0. The number of aryl methyl sites for hydroxylation is 1. The molecular formula is C14H18O3. The van der Waals surface area contributed by atoms with E-state index in [0.29, 0.717) is 6.42 Å². The zero-order valence-electron chi connectivity index (χ0n) is 10.0. The number of fused-ring (bicyclic) bond motifs is 1. The fourth-order valence-electron chi connectivity index (χ4n) is 2.63. The largest absolute Gasteiger partial charge is 0.479 e. The van der Waals surface area contributed by atoms with Gasteiger partial charge in [0.15, 0.2) is 5.60 Å². The van der Waals surface area contributed by atoms with Crippen LogP contribution in [-0.4, -0.2) is 21.8 Å². The second-order valence-corrected chi connectivity index (χ2v) is 5.07. The van der Waals surface area contributed by atoms with Crippen molar-refractivity contribution in [2.75, 3.05) is 0 Å². The molecule has 1 aromatic rings. The zero-order chi connectivity index (χ0) is 12.5. The number of carboxylic acid groups (broad SMARTS) is 1. The summed E-state index contributed by atoms with van der Waals surface area (Å²) < 4.78 is 0. The minimum atomic E-state index is -1.63. The van der Waals surface area contributed by atoms with E-state index in [1.807, 2.05) is 12.1 Å². The van der Waals surface area contributed by atoms with Crippen molar-refractivity contribution in [3.05, 3.63) is 35.4 Å². The molecule has 0 bridgehead atoms. The molecule has 0 spiro atoms. The summed E-state index contributed by atoms with van der Waals surface area (Å²) >= 11 is 0. The molecule has 0 aromatic heterocycles. The van der Waals surface area contributed by atoms with Crippen molar-refractivity contribution in [1.82, 2.24) is 0 Å². The second kappa shape index (κ2) is 4.49. The number of hydrogen-bond acceptors (Lipinski definition) is 2. The molecule has 1 aliphatic rings. The van der Waals surface area contributed by atoms with Crippen molar-refractivity contribution in [1.29, 1.82) is 0 Å². The standard InChI is InChI=1S/C14H18O3/c1-14(17,13(15)16)9-11-7-4-6-10-5-2-3-8-12(10)11/h2-3,5,8,11,17H,4,6-7,9H2,1H3,(H,15,16). The van der Waals surface area contributed by atoms with Gasteiger partial charge in [-0.15, -0.1) is 0 Å². The minimum Gasteiger partial charge on any atom is -0.479 e. The molecule has 2 atom stereocenters. The van der Waals surface area contributed by atoms with Gasteiger partial charge in [-0.3, -0.25) is 0 Å². The van der Waals surface area contributed by atoms with Crippen molar-refractivity contribution in [3.63, 3.8) is 0 Å². The molecule has 2 rings (SSSR count). The van der Waals surface area contributed by atoms with Crippen molar-refractivity contribution in [2.24, 2.45) is 0 Å². The van der Waals surface area contributed by atoms with Gasteiger partial charge in [0.2, 0.25) is 0 Å². The number of aliphatic carboxylic acids is 1. The monoisotopic (exact) mass is 234 g/mol. The Morgan fingerprint density at radius 1 is 1.47 bits per heavy atom. The Bertz CT molecular complexity index is 423. The third-order valence-corrected chi connectivity index (χ3v) is 3.60. The van der Waals surface area contributed by atoms with E-state index >= 15 is 0 Å². The minimum absolute atomic E-state index is 0.158. The van der Waals surface area contributed by atoms with Gasteiger partial charge in [0, 0.05) is 0 Å². The number of hydrogen-bond donors (Lipinski definition) is 2. The highest BCUT2D eigenvalue weighted by Crippen LogP contribution is 2.36. The van der Waals surface area contributed by atoms with E-state index in [1.54, 1.807) is 0 Å². The van der Waals surface area contributed by atoms with Gasteiger partial charge in [0.1, 0.15) is 0 Å². The van der Waals surface area contributed by atoms with E-state index in [9.17, 15) is 9.90 Å². The number of rotatable bonds is 3. The van der Waals surface area contributed by atoms with Gasteiger partial charge in [0.25, 0.3) is 0 Å². The summed E-state index contributed by atoms with van der Waals surface area (Å²) in [6.45, 7) is 1.38. The van der Waals surface area contributed by atoms with E-state index in [-0.39, 0.29) is 5.92 Å². The summed E-state index contributed by atoms with van der Waals surface area (Å²) in [6.07, 6.45) is 3.37. The predicted molar refractivity (Wildman–Crippen MR) is 65.0 cm³/mol. The summed E-state index contributed by atoms with van der Waals surface area (Å²) in [4.78, 5) is 11.0. The molecule has 0 heterocycles. The molecular weight excluding hydrogens is 216 g/mol. The lowest BCUT2D eigenvalue weighted by atomic mass is 9.77. The molecule has 0 saturated heterocycles. The van der Waals surface area contributed by atoms with E-state index in [4.69, 9.17) is 5.11 Å². The highest BCUT2D eigenvalue weighted by atomic mass is 16.4. The van der Waals surface area contributed by atoms with Gasteiger partial charge in [-0.25, -0.2) is 4.79 Å². The molecule has 0 aliphatic heterocycles. The second-order valence-electron chi connectivity index (χ2n) is 5.07. The topological polar surface area (TPSA) is 57.5 Å². The van der Waals surface area contributed by atoms with Crippen LogP contribution in [0.2, 0.25) is 0 Å². The summed E-state index contributed by atoms with van der Waals surface area (Å²) in [6, 6.07) is 8.14. The Morgan fingerprint density at radius 2 is 2.18 bits per heavy atom. The first kappa shape index (κ1) is 12.1. The fourth-order valence-corrected chi connectivity index (χ4v) is 2.63. The number of aliphatic hydroxyl groups is 1. The third kappa shape index (κ3) is 2.50. The van der Waals surface area contributed by atoms with Gasteiger partial charge in [-0.2, -0.15) is 0 Å². The maximum absolute atomic E-state index is 11.0. The molecule has 0 fully saturated rings. The van der Waals surface area contributed by atoms with Crippen molar-refractivity contribution < 1.29 is 15.0 Å². The van der Waals surface area contributed by atoms with E-state index in [0.717, 1.165) is 19.3 Å². The van der Waals surface area contributed by atoms with E-state index < -0.39 is 11.6 Å². The lowest BCUT2D eigenvalue weighted by Crippen LogP contribution is -2.37. The lowest BCUT2D eigenvalue weighted by Gasteiger charge is -2.30. The first-order valence-electron chi connectivity index (χ1n) is 6.04. The SMILES string of the molecule is CC(O)(CC1CCCc2ccccc21)C(=O)O. The normalized spacial score (nSPS) is 22.6. The molecule has 2 unspecified atom stereocenters. The van der Waals surface area contributed by atoms with Crippen LogP contribution in [-0.2, 0) is 11.2 Å². The van der Waals surface area contributed by atoms with Crippen LogP contribution in [0.1, 0.15) is 43.2 Å². The first-order valence-corrected chi connectivity index (χ1v) is 6.04. The maximum atomic E-state index is 11.0. The van der Waals surface area contributed by atoms with Crippen LogP contribution in [0.15, 0.2) is 24.3 Å². The summed E-state index contributed by atoms with van der Waals surface area (Å²) in [5.74, 6) is -0.980. The van der Waals surface area contributed by atoms with Crippen molar-refractivity contribution >= 4 is 5.97 Å². The summed E-state index contributed by atoms with van der Waals surface area (Å²) in [7, 11) is 0. The molecule has 17 heavy (non-hydrogen) atoms. The molecule has 3 nitrogen and oxygen atoms in total. The van der Waals surface area contributed by atoms with Crippen molar-refractivity contribution in [2.45, 2.75) is 44.1 Å². The third-order valence-electron chi connectivity index (χ3n) is 3.60. The highest BCUT2D eigenvalue weighted by molar-refractivity contribution is 5.76. The molecule has 0 amide bonds. The van der Waals surface area contributed by atoms with Crippen LogP contribution in [0.5, 0.6) is 0 Å². The van der Waals surface area contributed by atoms with Crippen molar-refractivity contribution in [3.8, 4) is 0 Å². The maximum Gasteiger partial charge on any atom is 0.335 e. The molecule has 0 saturated carbocycles. The molecule has 1 aliphatic carbocycles. The summed E-state index contributed by atoms with van der Waals surface area (Å²) in [5.41, 5.74) is 0.875. The molecule has 3 heteroatoms. The van der Waals surface area contributed by atoms with E-state index in [1.165, 1.54) is 18.1 Å². The molecule has 1 aromatic carbocycles. The van der Waals surface area contributed by atoms with Gasteiger partial charge in [0.05, 0.1) is 0 Å². The van der Waals surface area contributed by atoms with Gasteiger partial charge >= 0.3 is 5.97 Å². The Labute approximate surface area is 101 Å². The molecule has 92 valence electrons. The number of benzene rings is 1. The van der Waals surface area contributed by atoms with Crippen LogP contribution >= 0.6 is 0 Å². The van der Waals surface area contributed by atoms with Crippen LogP contribution in [0.25, 0.3) is 0 Å². The lowest BCUT2D eigenvalue weighted by molar-refractivity contribution is -0.157. The Hall–Kier alpha value is -1.35. The highest BCUT2D eigenvalue weighted by Gasteiger charge is 2.34. The molecule has 0 radical (unpaired) electrons. The van der Waals surface area contributed by atoms with Gasteiger partial charge in [-0.1, -0.05) is 24.3 Å². The van der Waals surface area contributed by atoms with Crippen LogP contribution in [0.4, 0.5) is 0 Å². The number of carbonyl (C=O) groups is 1. The summed E-state index contributed by atoms with van der Waals surface area (Å²) in [5, 5.41) is 18.8. The quantitative estimate of drug-likeness (QED) is 0.844. The van der Waals surface area contributed by atoms with Crippen LogP contribution in [0.3, 0.4) is 0 Å². The molecule has 2 N–H and O–H groups in total. The average Bonchev–Trinajstić information content (AvgIpc) is 2.29. The average molecular weight is 234 g/mol.